The lowest BCUT2D eigenvalue weighted by molar-refractivity contribution is 0.633. The van der Waals surface area contributed by atoms with E-state index in [4.69, 9.17) is 4.42 Å². The predicted octanol–water partition coefficient (Wildman–Crippen LogP) is 13.4. The lowest BCUT2D eigenvalue weighted by Gasteiger charge is -2.46. The maximum atomic E-state index is 6.56. The molecule has 58 heavy (non-hydrogen) atoms. The Bertz CT molecular complexity index is 3070. The Balaban J connectivity index is 1.17. The number of furan rings is 1. The Hall–Kier alpha value is -6.52. The molecule has 0 bridgehead atoms. The number of rotatable bonds is 8. The highest BCUT2D eigenvalue weighted by Gasteiger charge is 2.41. The summed E-state index contributed by atoms with van der Waals surface area (Å²) in [6, 6.07) is 58.3. The molecule has 0 atom stereocenters. The molecule has 11 rings (SSSR count). The topological polar surface area (TPSA) is 28.4 Å². The van der Waals surface area contributed by atoms with Crippen LogP contribution in [0.5, 0.6) is 0 Å². The number of nitrogens with one attached hydrogen (secondary N) is 1. The van der Waals surface area contributed by atoms with Crippen molar-refractivity contribution in [3.05, 3.63) is 174 Å². The SMILES string of the molecule is CCCCCc1cc(-c2cc(-c3ccccc3)ccc2Nc2cccc3c2oc2ccccc23)c2c(c1)N1c3cc4ccccc4cc3C(C)(C)c3cccc(c31)B2. The molecular weight excluding hydrogens is 703 g/mol. The molecule has 0 aliphatic carbocycles. The van der Waals surface area contributed by atoms with E-state index in [1.54, 1.807) is 0 Å². The van der Waals surface area contributed by atoms with Gasteiger partial charge in [-0.15, -0.1) is 0 Å². The van der Waals surface area contributed by atoms with Gasteiger partial charge in [-0.05, 0) is 105 Å². The number of anilines is 5. The van der Waals surface area contributed by atoms with Crippen molar-refractivity contribution in [2.75, 3.05) is 10.2 Å². The first-order chi connectivity index (χ1) is 28.5. The van der Waals surface area contributed by atoms with Crippen LogP contribution in [0.3, 0.4) is 0 Å². The molecule has 3 heterocycles. The zero-order valence-corrected chi connectivity index (χ0v) is 33.4. The first-order valence-corrected chi connectivity index (χ1v) is 20.9. The minimum atomic E-state index is -0.154. The van der Waals surface area contributed by atoms with E-state index in [-0.39, 0.29) is 5.41 Å². The highest BCUT2D eigenvalue weighted by molar-refractivity contribution is 6.73. The normalized spacial score (nSPS) is 13.6. The summed E-state index contributed by atoms with van der Waals surface area (Å²) in [5.74, 6) is 0. The van der Waals surface area contributed by atoms with Gasteiger partial charge in [0.1, 0.15) is 5.58 Å². The van der Waals surface area contributed by atoms with E-state index in [0.717, 1.165) is 53.4 Å². The molecule has 0 saturated heterocycles. The lowest BCUT2D eigenvalue weighted by atomic mass is 9.55. The molecular formula is C54H45BN2O. The van der Waals surface area contributed by atoms with Crippen LogP contribution in [0.25, 0.3) is 55.0 Å². The van der Waals surface area contributed by atoms with E-state index in [1.807, 2.05) is 6.07 Å². The maximum Gasteiger partial charge on any atom is 0.198 e. The summed E-state index contributed by atoms with van der Waals surface area (Å²) in [6.45, 7) is 7.11. The van der Waals surface area contributed by atoms with Crippen molar-refractivity contribution in [3.63, 3.8) is 0 Å². The average molecular weight is 749 g/mol. The number of benzene rings is 8. The van der Waals surface area contributed by atoms with E-state index in [1.165, 1.54) is 90.5 Å². The van der Waals surface area contributed by atoms with Crippen molar-refractivity contribution in [2.24, 2.45) is 0 Å². The summed E-state index contributed by atoms with van der Waals surface area (Å²) in [5.41, 5.74) is 19.3. The van der Waals surface area contributed by atoms with E-state index in [0.29, 0.717) is 0 Å². The molecule has 0 saturated carbocycles. The monoisotopic (exact) mass is 748 g/mol. The minimum absolute atomic E-state index is 0.154. The maximum absolute atomic E-state index is 6.56. The summed E-state index contributed by atoms with van der Waals surface area (Å²) >= 11 is 0. The van der Waals surface area contributed by atoms with Crippen molar-refractivity contribution >= 4 is 79.4 Å². The van der Waals surface area contributed by atoms with Crippen molar-refractivity contribution in [3.8, 4) is 22.3 Å². The van der Waals surface area contributed by atoms with Gasteiger partial charge < -0.3 is 14.6 Å². The third-order valence-corrected chi connectivity index (χ3v) is 12.8. The molecule has 9 aromatic rings. The summed E-state index contributed by atoms with van der Waals surface area (Å²) in [6.07, 6.45) is 4.60. The van der Waals surface area contributed by atoms with Gasteiger partial charge in [-0.1, -0.05) is 154 Å². The van der Waals surface area contributed by atoms with E-state index in [9.17, 15) is 0 Å². The number of nitrogens with zero attached hydrogens (tertiary/aromatic N) is 1. The number of para-hydroxylation sites is 3. The van der Waals surface area contributed by atoms with Gasteiger partial charge in [-0.2, -0.15) is 0 Å². The molecule has 2 aliphatic heterocycles. The minimum Gasteiger partial charge on any atom is -0.454 e. The molecule has 0 amide bonds. The Morgan fingerprint density at radius 1 is 0.603 bits per heavy atom. The second kappa shape index (κ2) is 13.6. The largest absolute Gasteiger partial charge is 0.454 e. The van der Waals surface area contributed by atoms with E-state index in [2.05, 4.69) is 183 Å². The van der Waals surface area contributed by atoms with Gasteiger partial charge in [0, 0.05) is 38.8 Å². The second-order valence-electron chi connectivity index (χ2n) is 16.8. The van der Waals surface area contributed by atoms with Crippen molar-refractivity contribution in [1.82, 2.24) is 0 Å². The Morgan fingerprint density at radius 2 is 1.38 bits per heavy atom. The number of aryl methyl sites for hydroxylation is 1. The summed E-state index contributed by atoms with van der Waals surface area (Å²) in [5, 5.41) is 8.74. The van der Waals surface area contributed by atoms with Crippen LogP contribution in [-0.4, -0.2) is 7.28 Å². The smallest absolute Gasteiger partial charge is 0.198 e. The highest BCUT2D eigenvalue weighted by Crippen LogP contribution is 2.53. The van der Waals surface area contributed by atoms with Gasteiger partial charge >= 0.3 is 0 Å². The van der Waals surface area contributed by atoms with Crippen molar-refractivity contribution in [1.29, 1.82) is 0 Å². The summed E-state index contributed by atoms with van der Waals surface area (Å²) in [7, 11) is 0.854. The van der Waals surface area contributed by atoms with Crippen LogP contribution in [0, 0.1) is 0 Å². The van der Waals surface area contributed by atoms with Gasteiger partial charge in [0.05, 0.1) is 11.4 Å². The molecule has 280 valence electrons. The fourth-order valence-corrected chi connectivity index (χ4v) is 9.86. The van der Waals surface area contributed by atoms with Crippen LogP contribution in [0.4, 0.5) is 28.4 Å². The standard InChI is InChI=1S/C54H45BN2O/c1-4-5-7-16-34-29-42(51-49(30-34)57-48-33-37-20-11-10-19-36(37)32-44(48)54(2,3)43-23-15-24-45(55-51)52(43)57)41-31-38(35-17-8-6-9-18-35)27-28-46(41)56-47-25-14-22-40-39-21-12-13-26-50(39)58-53(40)47/h6,8-15,17-33,55-56H,4-5,7,16H2,1-3H3. The zero-order chi connectivity index (χ0) is 39.0. The predicted molar refractivity (Wildman–Crippen MR) is 248 cm³/mol. The Labute approximate surface area is 341 Å². The first-order valence-electron chi connectivity index (χ1n) is 20.9. The van der Waals surface area contributed by atoms with Crippen LogP contribution < -0.4 is 21.1 Å². The molecule has 1 aromatic heterocycles. The van der Waals surface area contributed by atoms with E-state index >= 15 is 0 Å². The third kappa shape index (κ3) is 5.50. The Morgan fingerprint density at radius 3 is 2.24 bits per heavy atom. The lowest BCUT2D eigenvalue weighted by Crippen LogP contribution is -2.45. The molecule has 0 unspecified atom stereocenters. The van der Waals surface area contributed by atoms with Crippen LogP contribution >= 0.6 is 0 Å². The number of hydrogen-bond acceptors (Lipinski definition) is 3. The zero-order valence-electron chi connectivity index (χ0n) is 33.4. The van der Waals surface area contributed by atoms with Gasteiger partial charge in [-0.3, -0.25) is 0 Å². The first kappa shape index (κ1) is 34.7. The summed E-state index contributed by atoms with van der Waals surface area (Å²) < 4.78 is 6.56. The summed E-state index contributed by atoms with van der Waals surface area (Å²) in [4.78, 5) is 2.63. The number of hydrogen-bond donors (Lipinski definition) is 1. The molecule has 2 aliphatic rings. The molecule has 1 N–H and O–H groups in total. The molecule has 4 heteroatoms. The highest BCUT2D eigenvalue weighted by atomic mass is 16.3. The van der Waals surface area contributed by atoms with Crippen LogP contribution in [0.15, 0.2) is 162 Å². The molecule has 3 nitrogen and oxygen atoms in total. The van der Waals surface area contributed by atoms with Crippen molar-refractivity contribution in [2.45, 2.75) is 51.9 Å². The molecule has 0 spiro atoms. The fraction of sp³-hybridized carbons (Fsp3) is 0.148. The van der Waals surface area contributed by atoms with Gasteiger partial charge in [0.15, 0.2) is 12.9 Å². The van der Waals surface area contributed by atoms with Crippen LogP contribution in [-0.2, 0) is 11.8 Å². The van der Waals surface area contributed by atoms with E-state index < -0.39 is 0 Å². The average Bonchev–Trinajstić information content (AvgIpc) is 3.65. The second-order valence-corrected chi connectivity index (χ2v) is 16.8. The van der Waals surface area contributed by atoms with Crippen LogP contribution in [0.2, 0.25) is 0 Å². The number of fused-ring (bicyclic) bond motifs is 8. The number of unbranched alkanes of at least 4 members (excludes halogenated alkanes) is 2. The molecule has 0 radical (unpaired) electrons. The van der Waals surface area contributed by atoms with Crippen molar-refractivity contribution < 1.29 is 4.42 Å². The fourth-order valence-electron chi connectivity index (χ4n) is 9.86. The van der Waals surface area contributed by atoms with Gasteiger partial charge in [0.25, 0.3) is 0 Å². The van der Waals surface area contributed by atoms with Crippen LogP contribution in [0.1, 0.15) is 56.7 Å². The molecule has 8 aromatic carbocycles. The third-order valence-electron chi connectivity index (χ3n) is 12.8. The molecule has 0 fully saturated rings. The Kier molecular flexibility index (Phi) is 8.11. The quantitative estimate of drug-likeness (QED) is 0.124. The van der Waals surface area contributed by atoms with Gasteiger partial charge in [0.2, 0.25) is 0 Å². The van der Waals surface area contributed by atoms with Gasteiger partial charge in [-0.25, -0.2) is 0 Å².